The summed E-state index contributed by atoms with van der Waals surface area (Å²) in [6.45, 7) is 0.880. The molecule has 0 aliphatic carbocycles. The van der Waals surface area contributed by atoms with Gasteiger partial charge in [-0.1, -0.05) is 36.4 Å². The maximum atomic E-state index is 11.3. The van der Waals surface area contributed by atoms with Gasteiger partial charge in [0.05, 0.1) is 26.0 Å². The summed E-state index contributed by atoms with van der Waals surface area (Å²) in [5.41, 5.74) is 2.11. The van der Waals surface area contributed by atoms with Gasteiger partial charge in [0.1, 0.15) is 5.69 Å². The van der Waals surface area contributed by atoms with Gasteiger partial charge < -0.3 is 9.47 Å². The molecule has 19 heavy (non-hydrogen) atoms. The van der Waals surface area contributed by atoms with Crippen LogP contribution in [-0.2, 0) is 22.7 Å². The van der Waals surface area contributed by atoms with E-state index in [4.69, 9.17) is 4.74 Å². The topological polar surface area (TPSA) is 48.4 Å². The summed E-state index contributed by atoms with van der Waals surface area (Å²) in [6, 6.07) is 15.1. The molecule has 0 saturated carbocycles. The van der Waals surface area contributed by atoms with Crippen LogP contribution in [-0.4, -0.2) is 18.1 Å². The Labute approximate surface area is 112 Å². The largest absolute Gasteiger partial charge is 0.464 e. The Morgan fingerprint density at radius 1 is 1.05 bits per heavy atom. The lowest BCUT2D eigenvalue weighted by molar-refractivity contribution is 0.0592. The van der Waals surface area contributed by atoms with Crippen LogP contribution >= 0.6 is 0 Å². The number of benzene rings is 1. The molecule has 2 rings (SSSR count). The minimum Gasteiger partial charge on any atom is -0.464 e. The van der Waals surface area contributed by atoms with E-state index >= 15 is 0 Å². The van der Waals surface area contributed by atoms with Gasteiger partial charge in [-0.25, -0.2) is 9.78 Å². The number of methoxy groups -OCH3 is 1. The predicted molar refractivity (Wildman–Crippen MR) is 70.5 cm³/mol. The summed E-state index contributed by atoms with van der Waals surface area (Å²) in [5.74, 6) is -0.440. The minimum atomic E-state index is -0.440. The van der Waals surface area contributed by atoms with Crippen molar-refractivity contribution in [3.05, 3.63) is 65.5 Å². The van der Waals surface area contributed by atoms with Gasteiger partial charge in [0, 0.05) is 0 Å². The number of carbonyl (C=O) groups excluding carboxylic acids is 1. The average Bonchev–Trinajstić information content (AvgIpc) is 2.48. The van der Waals surface area contributed by atoms with Gasteiger partial charge in [-0.2, -0.15) is 0 Å². The van der Waals surface area contributed by atoms with Crippen LogP contribution in [0.5, 0.6) is 0 Å². The Morgan fingerprint density at radius 2 is 1.84 bits per heavy atom. The number of carbonyl (C=O) groups is 1. The second-order valence-corrected chi connectivity index (χ2v) is 3.98. The van der Waals surface area contributed by atoms with Crippen molar-refractivity contribution < 1.29 is 14.3 Å². The summed E-state index contributed by atoms with van der Waals surface area (Å²) in [7, 11) is 1.34. The third-order valence-electron chi connectivity index (χ3n) is 2.56. The number of pyridine rings is 1. The number of nitrogens with zero attached hydrogens (tertiary/aromatic N) is 1. The fourth-order valence-electron chi connectivity index (χ4n) is 1.63. The maximum Gasteiger partial charge on any atom is 0.356 e. The first-order valence-corrected chi connectivity index (χ1v) is 5.95. The molecule has 0 N–H and O–H groups in total. The second kappa shape index (κ2) is 6.66. The van der Waals surface area contributed by atoms with Gasteiger partial charge in [-0.3, -0.25) is 0 Å². The highest BCUT2D eigenvalue weighted by atomic mass is 16.5. The van der Waals surface area contributed by atoms with Crippen LogP contribution in [0.1, 0.15) is 21.7 Å². The van der Waals surface area contributed by atoms with E-state index in [1.54, 1.807) is 12.1 Å². The molecule has 0 unspecified atom stereocenters. The smallest absolute Gasteiger partial charge is 0.356 e. The summed E-state index contributed by atoms with van der Waals surface area (Å²) < 4.78 is 10.2. The number of hydrogen-bond acceptors (Lipinski definition) is 4. The highest BCUT2D eigenvalue weighted by molar-refractivity contribution is 5.87. The normalized spacial score (nSPS) is 10.2. The van der Waals surface area contributed by atoms with Gasteiger partial charge in [0.15, 0.2) is 0 Å². The molecule has 0 radical (unpaired) electrons. The number of ether oxygens (including phenoxy) is 2. The van der Waals surface area contributed by atoms with E-state index in [0.717, 1.165) is 5.56 Å². The van der Waals surface area contributed by atoms with E-state index in [2.05, 4.69) is 9.72 Å². The van der Waals surface area contributed by atoms with E-state index in [1.807, 2.05) is 36.4 Å². The molecule has 0 spiro atoms. The van der Waals surface area contributed by atoms with E-state index in [9.17, 15) is 4.79 Å². The standard InChI is InChI=1S/C15H15NO3/c1-18-15(17)14-9-5-8-13(16-14)11-19-10-12-6-3-2-4-7-12/h2-9H,10-11H2,1H3. The molecule has 1 heterocycles. The van der Waals surface area contributed by atoms with Crippen molar-refractivity contribution in [3.63, 3.8) is 0 Å². The second-order valence-electron chi connectivity index (χ2n) is 3.98. The SMILES string of the molecule is COC(=O)c1cccc(COCc2ccccc2)n1. The van der Waals surface area contributed by atoms with Gasteiger partial charge >= 0.3 is 5.97 Å². The number of rotatable bonds is 5. The highest BCUT2D eigenvalue weighted by Gasteiger charge is 2.07. The lowest BCUT2D eigenvalue weighted by atomic mass is 10.2. The highest BCUT2D eigenvalue weighted by Crippen LogP contribution is 2.06. The molecule has 1 aromatic heterocycles. The molecule has 0 aliphatic heterocycles. The van der Waals surface area contributed by atoms with E-state index in [1.165, 1.54) is 7.11 Å². The molecule has 0 atom stereocenters. The van der Waals surface area contributed by atoms with Crippen molar-refractivity contribution in [2.45, 2.75) is 13.2 Å². The number of esters is 1. The third-order valence-corrected chi connectivity index (χ3v) is 2.56. The van der Waals surface area contributed by atoms with Gasteiger partial charge in [-0.05, 0) is 17.7 Å². The van der Waals surface area contributed by atoms with Crippen molar-refractivity contribution in [1.82, 2.24) is 4.98 Å². The van der Waals surface area contributed by atoms with Crippen LogP contribution < -0.4 is 0 Å². The number of aromatic nitrogens is 1. The molecule has 1 aromatic carbocycles. The monoisotopic (exact) mass is 257 g/mol. The molecule has 4 heteroatoms. The first-order chi connectivity index (χ1) is 9.29. The van der Waals surface area contributed by atoms with Crippen LogP contribution in [0, 0.1) is 0 Å². The van der Waals surface area contributed by atoms with Gasteiger partial charge in [-0.15, -0.1) is 0 Å². The molecule has 0 bridgehead atoms. The van der Waals surface area contributed by atoms with E-state index in [0.29, 0.717) is 24.6 Å². The fraction of sp³-hybridized carbons (Fsp3) is 0.200. The van der Waals surface area contributed by atoms with Crippen molar-refractivity contribution in [2.75, 3.05) is 7.11 Å². The quantitative estimate of drug-likeness (QED) is 0.772. The van der Waals surface area contributed by atoms with Crippen LogP contribution in [0.4, 0.5) is 0 Å². The fourth-order valence-corrected chi connectivity index (χ4v) is 1.63. The molecule has 0 fully saturated rings. The van der Waals surface area contributed by atoms with Crippen molar-refractivity contribution >= 4 is 5.97 Å². The molecular formula is C15H15NO3. The molecule has 0 amide bonds. The Hall–Kier alpha value is -2.20. The first kappa shape index (κ1) is 13.2. The van der Waals surface area contributed by atoms with Crippen LogP contribution in [0.2, 0.25) is 0 Å². The zero-order valence-corrected chi connectivity index (χ0v) is 10.7. The summed E-state index contributed by atoms with van der Waals surface area (Å²) in [5, 5.41) is 0. The Kier molecular flexibility index (Phi) is 4.64. The van der Waals surface area contributed by atoms with Crippen LogP contribution in [0.25, 0.3) is 0 Å². The molecular weight excluding hydrogens is 242 g/mol. The van der Waals surface area contributed by atoms with Crippen molar-refractivity contribution in [1.29, 1.82) is 0 Å². The van der Waals surface area contributed by atoms with Gasteiger partial charge in [0.25, 0.3) is 0 Å². The zero-order valence-electron chi connectivity index (χ0n) is 10.7. The van der Waals surface area contributed by atoms with Crippen LogP contribution in [0.15, 0.2) is 48.5 Å². The molecule has 98 valence electrons. The number of hydrogen-bond donors (Lipinski definition) is 0. The Balaban J connectivity index is 1.91. The first-order valence-electron chi connectivity index (χ1n) is 5.95. The van der Waals surface area contributed by atoms with Crippen molar-refractivity contribution in [2.24, 2.45) is 0 Å². The summed E-state index contributed by atoms with van der Waals surface area (Å²) in [6.07, 6.45) is 0. The molecule has 0 aliphatic rings. The summed E-state index contributed by atoms with van der Waals surface area (Å²) >= 11 is 0. The lowest BCUT2D eigenvalue weighted by Gasteiger charge is -2.05. The van der Waals surface area contributed by atoms with E-state index < -0.39 is 5.97 Å². The Morgan fingerprint density at radius 3 is 2.58 bits per heavy atom. The van der Waals surface area contributed by atoms with E-state index in [-0.39, 0.29) is 0 Å². The Bertz CT molecular complexity index is 540. The lowest BCUT2D eigenvalue weighted by Crippen LogP contribution is -2.06. The van der Waals surface area contributed by atoms with Crippen molar-refractivity contribution in [3.8, 4) is 0 Å². The van der Waals surface area contributed by atoms with Gasteiger partial charge in [0.2, 0.25) is 0 Å². The molecule has 4 nitrogen and oxygen atoms in total. The average molecular weight is 257 g/mol. The predicted octanol–water partition coefficient (Wildman–Crippen LogP) is 2.59. The molecule has 0 saturated heterocycles. The molecule has 2 aromatic rings. The summed E-state index contributed by atoms with van der Waals surface area (Å²) in [4.78, 5) is 15.5. The minimum absolute atomic E-state index is 0.295. The van der Waals surface area contributed by atoms with Crippen LogP contribution in [0.3, 0.4) is 0 Å². The maximum absolute atomic E-state index is 11.3. The zero-order chi connectivity index (χ0) is 13.5. The third kappa shape index (κ3) is 3.89.